The fraction of sp³-hybridized carbons (Fsp3) is 0.222. The lowest BCUT2D eigenvalue weighted by Crippen LogP contribution is -2.33. The maximum absolute atomic E-state index is 13.1. The summed E-state index contributed by atoms with van der Waals surface area (Å²) < 4.78 is 18.3. The number of rotatable bonds is 3. The van der Waals surface area contributed by atoms with E-state index in [2.05, 4.69) is 0 Å². The number of urea groups is 1. The van der Waals surface area contributed by atoms with E-state index in [0.717, 1.165) is 16.2 Å². The molecule has 2 aliphatic heterocycles. The second-order valence-electron chi connectivity index (χ2n) is 5.81. The van der Waals surface area contributed by atoms with Crippen LogP contribution in [-0.4, -0.2) is 35.7 Å². The normalized spacial score (nSPS) is 22.5. The number of fused-ring (bicyclic) bond motifs is 1. The lowest BCUT2D eigenvalue weighted by atomic mass is 10.2. The molecule has 2 fully saturated rings. The van der Waals surface area contributed by atoms with Crippen molar-refractivity contribution in [3.63, 3.8) is 0 Å². The number of halogens is 1. The summed E-state index contributed by atoms with van der Waals surface area (Å²) in [4.78, 5) is 28.3. The number of nitrogens with zero attached hydrogens (tertiary/aromatic N) is 2. The van der Waals surface area contributed by atoms with Gasteiger partial charge in [-0.15, -0.1) is 11.8 Å². The Balaban J connectivity index is 1.65. The minimum atomic E-state index is -0.491. The van der Waals surface area contributed by atoms with Crippen LogP contribution in [0.1, 0.15) is 10.9 Å². The zero-order chi connectivity index (χ0) is 17.6. The summed E-state index contributed by atoms with van der Waals surface area (Å²) in [7, 11) is 1.60. The van der Waals surface area contributed by atoms with Crippen LogP contribution in [0, 0.1) is 5.82 Å². The molecular formula is C18H15FN2O3S. The number of benzene rings is 2. The molecule has 25 heavy (non-hydrogen) atoms. The van der Waals surface area contributed by atoms with Crippen LogP contribution in [-0.2, 0) is 4.79 Å². The Morgan fingerprint density at radius 3 is 2.40 bits per heavy atom. The van der Waals surface area contributed by atoms with Gasteiger partial charge in [-0.3, -0.25) is 9.69 Å². The van der Waals surface area contributed by atoms with Crippen LogP contribution in [0.25, 0.3) is 0 Å². The maximum atomic E-state index is 13.1. The molecule has 3 amide bonds. The van der Waals surface area contributed by atoms with Crippen molar-refractivity contribution in [2.75, 3.05) is 17.8 Å². The number of anilines is 1. The SMILES string of the molecule is COc1ccc([C@@H]2SC[C@@H]3C(=O)N(c4ccc(F)cc4)C(=O)N32)cc1. The smallest absolute Gasteiger partial charge is 0.333 e. The second-order valence-corrected chi connectivity index (χ2v) is 6.93. The molecule has 5 nitrogen and oxygen atoms in total. The fourth-order valence-electron chi connectivity index (χ4n) is 3.14. The van der Waals surface area contributed by atoms with Crippen LogP contribution in [0.2, 0.25) is 0 Å². The summed E-state index contributed by atoms with van der Waals surface area (Å²) >= 11 is 1.56. The fourth-order valence-corrected chi connectivity index (χ4v) is 4.56. The first-order chi connectivity index (χ1) is 12.1. The predicted molar refractivity (Wildman–Crippen MR) is 93.1 cm³/mol. The molecule has 2 saturated heterocycles. The Kier molecular flexibility index (Phi) is 3.88. The third-order valence-electron chi connectivity index (χ3n) is 4.40. The predicted octanol–water partition coefficient (Wildman–Crippen LogP) is 3.42. The van der Waals surface area contributed by atoms with E-state index in [0.29, 0.717) is 11.4 Å². The zero-order valence-electron chi connectivity index (χ0n) is 13.4. The van der Waals surface area contributed by atoms with Gasteiger partial charge in [0, 0.05) is 5.75 Å². The number of hydrogen-bond donors (Lipinski definition) is 0. The van der Waals surface area contributed by atoms with Crippen molar-refractivity contribution in [3.8, 4) is 5.75 Å². The average Bonchev–Trinajstić information content (AvgIpc) is 3.17. The van der Waals surface area contributed by atoms with Crippen molar-refractivity contribution < 1.29 is 18.7 Å². The lowest BCUT2D eigenvalue weighted by molar-refractivity contribution is -0.119. The highest BCUT2D eigenvalue weighted by Gasteiger charge is 2.53. The van der Waals surface area contributed by atoms with Crippen molar-refractivity contribution in [1.82, 2.24) is 4.90 Å². The molecule has 2 aromatic carbocycles. The summed E-state index contributed by atoms with van der Waals surface area (Å²) in [5.74, 6) is 0.606. The number of hydrogen-bond acceptors (Lipinski definition) is 4. The van der Waals surface area contributed by atoms with E-state index in [1.807, 2.05) is 24.3 Å². The number of amides is 3. The van der Waals surface area contributed by atoms with Gasteiger partial charge in [-0.05, 0) is 42.0 Å². The molecule has 0 aliphatic carbocycles. The molecule has 2 aromatic rings. The second kappa shape index (κ2) is 6.07. The minimum Gasteiger partial charge on any atom is -0.497 e. The zero-order valence-corrected chi connectivity index (χ0v) is 14.2. The van der Waals surface area contributed by atoms with E-state index >= 15 is 0 Å². The topological polar surface area (TPSA) is 49.9 Å². The molecule has 2 heterocycles. The highest BCUT2D eigenvalue weighted by molar-refractivity contribution is 7.99. The molecule has 0 spiro atoms. The molecule has 0 aromatic heterocycles. The van der Waals surface area contributed by atoms with Crippen molar-refractivity contribution in [2.45, 2.75) is 11.4 Å². The van der Waals surface area contributed by atoms with Gasteiger partial charge in [0.15, 0.2) is 0 Å². The summed E-state index contributed by atoms with van der Waals surface area (Å²) in [6, 6.07) is 12.0. The number of ether oxygens (including phenoxy) is 1. The molecule has 2 aliphatic rings. The molecule has 4 rings (SSSR count). The van der Waals surface area contributed by atoms with Gasteiger partial charge in [-0.1, -0.05) is 12.1 Å². The molecular weight excluding hydrogens is 343 g/mol. The molecule has 0 saturated carbocycles. The van der Waals surface area contributed by atoms with E-state index in [-0.39, 0.29) is 17.3 Å². The summed E-state index contributed by atoms with van der Waals surface area (Å²) in [6.45, 7) is 0. The molecule has 0 unspecified atom stereocenters. The van der Waals surface area contributed by atoms with Crippen molar-refractivity contribution in [1.29, 1.82) is 0 Å². The number of carbonyl (C=O) groups is 2. The third kappa shape index (κ3) is 2.55. The number of imide groups is 1. The standard InChI is InChI=1S/C18H15FN2O3S/c1-24-14-8-2-11(3-9-14)17-21-15(10-25-17)16(22)20(18(21)23)13-6-4-12(19)5-7-13/h2-9,15,17H,10H2,1H3/t15-,17+/m1/s1. The average molecular weight is 358 g/mol. The Labute approximate surface area is 148 Å². The molecule has 128 valence electrons. The van der Waals surface area contributed by atoms with Crippen molar-refractivity contribution in [3.05, 3.63) is 59.9 Å². The van der Waals surface area contributed by atoms with Gasteiger partial charge in [-0.25, -0.2) is 14.1 Å². The van der Waals surface area contributed by atoms with E-state index < -0.39 is 11.9 Å². The Morgan fingerprint density at radius 2 is 1.76 bits per heavy atom. The summed E-state index contributed by atoms with van der Waals surface area (Å²) in [5.41, 5.74) is 1.33. The largest absolute Gasteiger partial charge is 0.497 e. The first-order valence-corrected chi connectivity index (χ1v) is 8.82. The number of thioether (sulfide) groups is 1. The number of methoxy groups -OCH3 is 1. The van der Waals surface area contributed by atoms with E-state index in [4.69, 9.17) is 4.74 Å². The first kappa shape index (κ1) is 16.0. The van der Waals surface area contributed by atoms with Crippen LogP contribution in [0.15, 0.2) is 48.5 Å². The third-order valence-corrected chi connectivity index (χ3v) is 5.73. The number of carbonyl (C=O) groups excluding carboxylic acids is 2. The quantitative estimate of drug-likeness (QED) is 0.789. The van der Waals surface area contributed by atoms with Gasteiger partial charge in [-0.2, -0.15) is 0 Å². The minimum absolute atomic E-state index is 0.224. The first-order valence-electron chi connectivity index (χ1n) is 7.77. The van der Waals surface area contributed by atoms with Gasteiger partial charge < -0.3 is 4.74 Å². The monoisotopic (exact) mass is 358 g/mol. The highest BCUT2D eigenvalue weighted by Crippen LogP contribution is 2.46. The highest BCUT2D eigenvalue weighted by atomic mass is 32.2. The molecule has 0 N–H and O–H groups in total. The molecule has 2 atom stereocenters. The van der Waals surface area contributed by atoms with E-state index in [1.54, 1.807) is 23.8 Å². The molecule has 7 heteroatoms. The van der Waals surface area contributed by atoms with Crippen molar-refractivity contribution in [2.24, 2.45) is 0 Å². The summed E-state index contributed by atoms with van der Waals surface area (Å²) in [6.07, 6.45) is 0. The van der Waals surface area contributed by atoms with Gasteiger partial charge in [0.05, 0.1) is 12.8 Å². The Hall–Kier alpha value is -2.54. The van der Waals surface area contributed by atoms with Crippen LogP contribution >= 0.6 is 11.8 Å². The molecule has 0 radical (unpaired) electrons. The van der Waals surface area contributed by atoms with Gasteiger partial charge in [0.2, 0.25) is 0 Å². The van der Waals surface area contributed by atoms with Crippen LogP contribution < -0.4 is 9.64 Å². The van der Waals surface area contributed by atoms with Gasteiger partial charge >= 0.3 is 6.03 Å². The Bertz CT molecular complexity index is 825. The van der Waals surface area contributed by atoms with E-state index in [9.17, 15) is 14.0 Å². The van der Waals surface area contributed by atoms with Crippen LogP contribution in [0.5, 0.6) is 5.75 Å². The van der Waals surface area contributed by atoms with Crippen LogP contribution in [0.4, 0.5) is 14.9 Å². The van der Waals surface area contributed by atoms with Crippen molar-refractivity contribution >= 4 is 29.4 Å². The Morgan fingerprint density at radius 1 is 1.08 bits per heavy atom. The maximum Gasteiger partial charge on any atom is 0.333 e. The van der Waals surface area contributed by atoms with Gasteiger partial charge in [0.25, 0.3) is 5.91 Å². The van der Waals surface area contributed by atoms with Crippen LogP contribution in [0.3, 0.4) is 0 Å². The molecule has 0 bridgehead atoms. The summed E-state index contributed by atoms with van der Waals surface area (Å²) in [5, 5.41) is -0.224. The van der Waals surface area contributed by atoms with Gasteiger partial charge in [0.1, 0.15) is 23.0 Å². The van der Waals surface area contributed by atoms with E-state index in [1.165, 1.54) is 24.3 Å². The lowest BCUT2D eigenvalue weighted by Gasteiger charge is -2.23.